The van der Waals surface area contributed by atoms with Gasteiger partial charge in [0.15, 0.2) is 11.5 Å². The van der Waals surface area contributed by atoms with E-state index in [9.17, 15) is 19.2 Å². The largest absolute Gasteiger partial charge is 0.454 e. The number of para-hydroxylation sites is 1. The van der Waals surface area contributed by atoms with Crippen molar-refractivity contribution >= 4 is 52.1 Å². The number of aryl methyl sites for hydroxylation is 1. The van der Waals surface area contributed by atoms with Crippen LogP contribution in [0.3, 0.4) is 0 Å². The highest BCUT2D eigenvalue weighted by atomic mass is 16.7. The summed E-state index contributed by atoms with van der Waals surface area (Å²) in [6.07, 6.45) is 3.13. The van der Waals surface area contributed by atoms with Crippen LogP contribution in [0.1, 0.15) is 11.1 Å². The van der Waals surface area contributed by atoms with Crippen LogP contribution in [0.5, 0.6) is 11.5 Å². The molecule has 0 saturated carbocycles. The smallest absolute Gasteiger partial charge is 0.335 e. The van der Waals surface area contributed by atoms with E-state index in [2.05, 4.69) is 10.6 Å². The summed E-state index contributed by atoms with van der Waals surface area (Å²) >= 11 is 0. The molecule has 10 nitrogen and oxygen atoms in total. The fraction of sp³-hybridized carbons (Fsp3) is 0.103. The van der Waals surface area contributed by atoms with Gasteiger partial charge in [0.25, 0.3) is 11.8 Å². The maximum Gasteiger partial charge on any atom is 0.335 e. The van der Waals surface area contributed by atoms with E-state index in [4.69, 9.17) is 9.47 Å². The van der Waals surface area contributed by atoms with E-state index >= 15 is 0 Å². The molecule has 6 rings (SSSR count). The first-order chi connectivity index (χ1) is 18.9. The molecule has 5 amide bonds. The molecular formula is C29H22N4O6. The number of nitrogens with one attached hydrogen (secondary N) is 2. The fourth-order valence-corrected chi connectivity index (χ4v) is 4.58. The highest BCUT2D eigenvalue weighted by Gasteiger charge is 2.37. The Bertz CT molecular complexity index is 1700. The van der Waals surface area contributed by atoms with Gasteiger partial charge in [-0.3, -0.25) is 19.7 Å². The minimum absolute atomic E-state index is 0.0134. The molecule has 1 saturated heterocycles. The maximum atomic E-state index is 13.4. The van der Waals surface area contributed by atoms with Gasteiger partial charge in [-0.15, -0.1) is 0 Å². The molecule has 0 unspecified atom stereocenters. The molecule has 39 heavy (non-hydrogen) atoms. The van der Waals surface area contributed by atoms with Crippen molar-refractivity contribution in [3.05, 3.63) is 89.6 Å². The zero-order valence-electron chi connectivity index (χ0n) is 20.8. The van der Waals surface area contributed by atoms with E-state index in [1.165, 1.54) is 18.2 Å². The summed E-state index contributed by atoms with van der Waals surface area (Å²) in [4.78, 5) is 52.5. The summed E-state index contributed by atoms with van der Waals surface area (Å²) in [5.41, 5.74) is 3.07. The number of imide groups is 2. The predicted octanol–water partition coefficient (Wildman–Crippen LogP) is 3.98. The van der Waals surface area contributed by atoms with E-state index in [-0.39, 0.29) is 30.5 Å². The van der Waals surface area contributed by atoms with E-state index < -0.39 is 17.8 Å². The zero-order valence-corrected chi connectivity index (χ0v) is 20.8. The number of amides is 5. The molecule has 0 atom stereocenters. The second-order valence-corrected chi connectivity index (χ2v) is 9.14. The van der Waals surface area contributed by atoms with Gasteiger partial charge < -0.3 is 19.4 Å². The summed E-state index contributed by atoms with van der Waals surface area (Å²) in [6.45, 7) is 2.02. The lowest BCUT2D eigenvalue weighted by molar-refractivity contribution is -0.122. The lowest BCUT2D eigenvalue weighted by atomic mass is 10.1. The van der Waals surface area contributed by atoms with Crippen LogP contribution in [-0.4, -0.2) is 35.1 Å². The number of carbonyl (C=O) groups excluding carboxylic acids is 4. The number of urea groups is 1. The number of nitrogens with zero attached hydrogens (tertiary/aromatic N) is 2. The minimum Gasteiger partial charge on any atom is -0.454 e. The highest BCUT2D eigenvalue weighted by Crippen LogP contribution is 2.36. The van der Waals surface area contributed by atoms with Crippen molar-refractivity contribution in [2.75, 3.05) is 17.0 Å². The summed E-state index contributed by atoms with van der Waals surface area (Å²) in [5.74, 6) is -0.936. The van der Waals surface area contributed by atoms with Gasteiger partial charge in [-0.2, -0.15) is 0 Å². The number of benzene rings is 3. The molecule has 2 aliphatic heterocycles. The highest BCUT2D eigenvalue weighted by molar-refractivity contribution is 6.39. The molecule has 1 aromatic heterocycles. The molecule has 0 bridgehead atoms. The third-order valence-electron chi connectivity index (χ3n) is 6.48. The van der Waals surface area contributed by atoms with Gasteiger partial charge >= 0.3 is 6.03 Å². The molecule has 4 aromatic rings. The van der Waals surface area contributed by atoms with Crippen molar-refractivity contribution in [2.24, 2.45) is 0 Å². The van der Waals surface area contributed by atoms with Crippen molar-refractivity contribution in [3.63, 3.8) is 0 Å². The first kappa shape index (κ1) is 24.0. The monoisotopic (exact) mass is 522 g/mol. The second kappa shape index (κ2) is 9.49. The number of anilines is 2. The van der Waals surface area contributed by atoms with Crippen LogP contribution < -0.4 is 25.0 Å². The normalized spacial score (nSPS) is 15.7. The van der Waals surface area contributed by atoms with Crippen molar-refractivity contribution < 1.29 is 28.7 Å². The number of hydrogen-bond donors (Lipinski definition) is 2. The summed E-state index contributed by atoms with van der Waals surface area (Å²) in [6, 6.07) is 18.6. The molecule has 3 heterocycles. The number of carbonyl (C=O) groups is 4. The molecule has 0 aliphatic carbocycles. The fourth-order valence-electron chi connectivity index (χ4n) is 4.58. The van der Waals surface area contributed by atoms with Gasteiger partial charge in [-0.25, -0.2) is 9.69 Å². The number of barbiturate groups is 1. The predicted molar refractivity (Wildman–Crippen MR) is 143 cm³/mol. The Morgan fingerprint density at radius 2 is 1.77 bits per heavy atom. The van der Waals surface area contributed by atoms with E-state index in [0.717, 1.165) is 21.4 Å². The van der Waals surface area contributed by atoms with Crippen LogP contribution in [0.4, 0.5) is 16.2 Å². The van der Waals surface area contributed by atoms with Crippen molar-refractivity contribution in [1.82, 2.24) is 9.88 Å². The van der Waals surface area contributed by atoms with Gasteiger partial charge in [-0.1, -0.05) is 35.9 Å². The third-order valence-corrected chi connectivity index (χ3v) is 6.48. The lowest BCUT2D eigenvalue weighted by Gasteiger charge is -2.26. The average Bonchev–Trinajstić information content (AvgIpc) is 3.52. The van der Waals surface area contributed by atoms with E-state index in [1.807, 2.05) is 55.5 Å². The Hall–Kier alpha value is -5.38. The van der Waals surface area contributed by atoms with E-state index in [0.29, 0.717) is 22.7 Å². The number of aromatic nitrogens is 1. The Morgan fingerprint density at radius 3 is 2.59 bits per heavy atom. The Morgan fingerprint density at radius 1 is 1.00 bits per heavy atom. The average molecular weight is 523 g/mol. The Labute approximate surface area is 222 Å². The number of hydrogen-bond acceptors (Lipinski definition) is 6. The Balaban J connectivity index is 1.32. The lowest BCUT2D eigenvalue weighted by Crippen LogP contribution is -2.54. The summed E-state index contributed by atoms with van der Waals surface area (Å²) in [7, 11) is 0. The van der Waals surface area contributed by atoms with Crippen LogP contribution in [0.25, 0.3) is 17.0 Å². The number of ether oxygens (including phenoxy) is 2. The summed E-state index contributed by atoms with van der Waals surface area (Å²) < 4.78 is 12.4. The van der Waals surface area contributed by atoms with Crippen molar-refractivity contribution in [3.8, 4) is 11.5 Å². The van der Waals surface area contributed by atoms with E-state index in [1.54, 1.807) is 16.8 Å². The van der Waals surface area contributed by atoms with Gasteiger partial charge in [0, 0.05) is 34.4 Å². The van der Waals surface area contributed by atoms with Crippen LogP contribution in [-0.2, 0) is 20.9 Å². The second-order valence-electron chi connectivity index (χ2n) is 9.14. The zero-order chi connectivity index (χ0) is 27.1. The number of rotatable bonds is 5. The van der Waals surface area contributed by atoms with Crippen LogP contribution in [0.15, 0.2) is 78.5 Å². The maximum absolute atomic E-state index is 13.4. The summed E-state index contributed by atoms with van der Waals surface area (Å²) in [5, 5.41) is 5.84. The first-order valence-corrected chi connectivity index (χ1v) is 12.1. The molecule has 0 spiro atoms. The molecule has 2 N–H and O–H groups in total. The molecule has 1 fully saturated rings. The molecule has 0 radical (unpaired) electrons. The van der Waals surface area contributed by atoms with Crippen LogP contribution in [0.2, 0.25) is 0 Å². The van der Waals surface area contributed by atoms with Crippen molar-refractivity contribution in [2.45, 2.75) is 13.5 Å². The van der Waals surface area contributed by atoms with Gasteiger partial charge in [0.2, 0.25) is 12.7 Å². The first-order valence-electron chi connectivity index (χ1n) is 12.1. The van der Waals surface area contributed by atoms with Gasteiger partial charge in [0.1, 0.15) is 12.1 Å². The topological polar surface area (TPSA) is 119 Å². The van der Waals surface area contributed by atoms with Crippen LogP contribution in [0, 0.1) is 6.92 Å². The van der Waals surface area contributed by atoms with Gasteiger partial charge in [0.05, 0.1) is 5.69 Å². The molecule has 2 aliphatic rings. The van der Waals surface area contributed by atoms with Crippen LogP contribution >= 0.6 is 0 Å². The quantitative estimate of drug-likeness (QED) is 0.302. The molecule has 194 valence electrons. The molecule has 3 aromatic carbocycles. The minimum atomic E-state index is -0.865. The Kier molecular flexibility index (Phi) is 5.84. The number of fused-ring (bicyclic) bond motifs is 2. The standard InChI is InChI=1S/C29H22N4O6/c1-17-6-8-19(9-7-17)30-26(34)15-32-14-18(21-4-2-3-5-23(21)32)12-22-27(35)31-29(37)33(28(22)36)20-10-11-24-25(13-20)39-16-38-24/h2-14H,15-16H2,1H3,(H,30,34)(H,31,35,37)/b22-12+. The molecular weight excluding hydrogens is 500 g/mol. The molecule has 10 heteroatoms. The van der Waals surface area contributed by atoms with Crippen molar-refractivity contribution in [1.29, 1.82) is 0 Å². The third kappa shape index (κ3) is 4.48. The van der Waals surface area contributed by atoms with Gasteiger partial charge in [-0.05, 0) is 43.3 Å². The SMILES string of the molecule is Cc1ccc(NC(=O)Cn2cc(/C=C3\C(=O)NC(=O)N(c4ccc5c(c4)OCO5)C3=O)c3ccccc32)cc1.